The van der Waals surface area contributed by atoms with Crippen molar-refractivity contribution >= 4 is 45.9 Å². The SMILES string of the molecule is CCOC(=O)C1(C(=O)OCC)Cc2cc(=O)c3c(Cl)nc(Cl)cc3cc2C1. The Kier molecular flexibility index (Phi) is 5.40. The molecule has 0 fully saturated rings. The van der Waals surface area contributed by atoms with Gasteiger partial charge in [0.1, 0.15) is 10.3 Å². The van der Waals surface area contributed by atoms with Gasteiger partial charge in [-0.25, -0.2) is 4.98 Å². The number of esters is 2. The molecule has 142 valence electrons. The van der Waals surface area contributed by atoms with Crippen LogP contribution in [-0.4, -0.2) is 30.1 Å². The predicted molar refractivity (Wildman–Crippen MR) is 101 cm³/mol. The van der Waals surface area contributed by atoms with Crippen molar-refractivity contribution in [2.75, 3.05) is 13.2 Å². The summed E-state index contributed by atoms with van der Waals surface area (Å²) < 4.78 is 10.3. The lowest BCUT2D eigenvalue weighted by molar-refractivity contribution is -0.171. The molecule has 0 unspecified atom stereocenters. The van der Waals surface area contributed by atoms with E-state index in [4.69, 9.17) is 32.7 Å². The van der Waals surface area contributed by atoms with E-state index in [2.05, 4.69) is 4.98 Å². The molecule has 1 aliphatic carbocycles. The number of rotatable bonds is 4. The number of carbonyl (C=O) groups excluding carboxylic acids is 2. The fraction of sp³-hybridized carbons (Fsp3) is 0.368. The zero-order valence-corrected chi connectivity index (χ0v) is 16.3. The van der Waals surface area contributed by atoms with E-state index in [1.807, 2.05) is 0 Å². The summed E-state index contributed by atoms with van der Waals surface area (Å²) in [5.74, 6) is -1.31. The molecule has 0 saturated carbocycles. The van der Waals surface area contributed by atoms with Gasteiger partial charge in [-0.3, -0.25) is 14.4 Å². The van der Waals surface area contributed by atoms with Gasteiger partial charge in [0, 0.05) is 0 Å². The molecule has 0 bridgehead atoms. The van der Waals surface area contributed by atoms with Crippen molar-refractivity contribution in [2.24, 2.45) is 5.41 Å². The fourth-order valence-corrected chi connectivity index (χ4v) is 3.95. The molecule has 0 aliphatic heterocycles. The van der Waals surface area contributed by atoms with Crippen molar-refractivity contribution in [1.82, 2.24) is 4.98 Å². The van der Waals surface area contributed by atoms with Gasteiger partial charge in [-0.1, -0.05) is 29.3 Å². The number of aromatic nitrogens is 1. The van der Waals surface area contributed by atoms with Gasteiger partial charge >= 0.3 is 11.9 Å². The molecule has 1 aromatic heterocycles. The Labute approximate surface area is 165 Å². The number of ether oxygens (including phenoxy) is 2. The molecular formula is C19H17Cl2NO5. The third-order valence-corrected chi connectivity index (χ3v) is 5.05. The average Bonchev–Trinajstić information content (AvgIpc) is 2.88. The number of hydrogen-bond acceptors (Lipinski definition) is 6. The molecule has 0 amide bonds. The second-order valence-electron chi connectivity index (χ2n) is 6.28. The third-order valence-electron chi connectivity index (χ3n) is 4.59. The van der Waals surface area contributed by atoms with Crippen LogP contribution in [0, 0.1) is 5.41 Å². The van der Waals surface area contributed by atoms with Crippen LogP contribution in [0.5, 0.6) is 0 Å². The number of nitrogens with zero attached hydrogens (tertiary/aromatic N) is 1. The first-order valence-electron chi connectivity index (χ1n) is 8.48. The summed E-state index contributed by atoms with van der Waals surface area (Å²) in [6.45, 7) is 3.60. The lowest BCUT2D eigenvalue weighted by Crippen LogP contribution is -2.43. The van der Waals surface area contributed by atoms with Crippen molar-refractivity contribution in [1.29, 1.82) is 0 Å². The van der Waals surface area contributed by atoms with Crippen LogP contribution in [0.15, 0.2) is 23.0 Å². The Morgan fingerprint density at radius 3 is 2.15 bits per heavy atom. The number of pyridine rings is 1. The molecule has 0 atom stereocenters. The summed E-state index contributed by atoms with van der Waals surface area (Å²) >= 11 is 12.1. The number of halogens is 2. The minimum Gasteiger partial charge on any atom is -0.465 e. The molecular weight excluding hydrogens is 393 g/mol. The second kappa shape index (κ2) is 7.44. The van der Waals surface area contributed by atoms with Gasteiger partial charge < -0.3 is 9.47 Å². The Bertz CT molecular complexity index is 987. The van der Waals surface area contributed by atoms with Crippen molar-refractivity contribution < 1.29 is 19.1 Å². The summed E-state index contributed by atoms with van der Waals surface area (Å²) in [4.78, 5) is 41.8. The third kappa shape index (κ3) is 3.39. The van der Waals surface area contributed by atoms with E-state index < -0.39 is 17.4 Å². The van der Waals surface area contributed by atoms with Crippen molar-refractivity contribution in [3.8, 4) is 0 Å². The van der Waals surface area contributed by atoms with E-state index in [0.29, 0.717) is 16.5 Å². The Morgan fingerprint density at radius 1 is 1.04 bits per heavy atom. The predicted octanol–water partition coefficient (Wildman–Crippen LogP) is 3.11. The first-order chi connectivity index (χ1) is 12.8. The minimum atomic E-state index is -1.50. The highest BCUT2D eigenvalue weighted by molar-refractivity contribution is 6.36. The molecule has 6 nitrogen and oxygen atoms in total. The Hall–Kier alpha value is -2.18. The van der Waals surface area contributed by atoms with Gasteiger partial charge in [0.25, 0.3) is 0 Å². The zero-order valence-electron chi connectivity index (χ0n) is 14.8. The number of fused-ring (bicyclic) bond motifs is 2. The molecule has 0 spiro atoms. The molecule has 3 rings (SSSR count). The summed E-state index contributed by atoms with van der Waals surface area (Å²) in [5.41, 5.74) is -0.614. The zero-order chi connectivity index (χ0) is 19.8. The van der Waals surface area contributed by atoms with Crippen LogP contribution in [0.3, 0.4) is 0 Å². The van der Waals surface area contributed by atoms with Crippen LogP contribution >= 0.6 is 23.2 Å². The van der Waals surface area contributed by atoms with E-state index in [1.165, 1.54) is 12.1 Å². The van der Waals surface area contributed by atoms with Crippen LogP contribution in [0.1, 0.15) is 25.0 Å². The van der Waals surface area contributed by atoms with Gasteiger partial charge in [-0.2, -0.15) is 0 Å². The largest absolute Gasteiger partial charge is 0.465 e. The van der Waals surface area contributed by atoms with E-state index >= 15 is 0 Å². The Morgan fingerprint density at radius 2 is 1.59 bits per heavy atom. The molecule has 1 heterocycles. The highest BCUT2D eigenvalue weighted by Gasteiger charge is 2.53. The lowest BCUT2D eigenvalue weighted by atomic mass is 9.84. The monoisotopic (exact) mass is 409 g/mol. The highest BCUT2D eigenvalue weighted by atomic mass is 35.5. The topological polar surface area (TPSA) is 82.6 Å². The first kappa shape index (κ1) is 19.6. The maximum Gasteiger partial charge on any atom is 0.324 e. The lowest BCUT2D eigenvalue weighted by Gasteiger charge is -2.24. The summed E-state index contributed by atoms with van der Waals surface area (Å²) in [6.07, 6.45) is 0.0930. The van der Waals surface area contributed by atoms with Crippen molar-refractivity contribution in [3.05, 3.63) is 49.9 Å². The average molecular weight is 410 g/mol. The van der Waals surface area contributed by atoms with Crippen LogP contribution in [0.4, 0.5) is 0 Å². The van der Waals surface area contributed by atoms with Gasteiger partial charge in [0.05, 0.1) is 18.6 Å². The Balaban J connectivity index is 2.19. The van der Waals surface area contributed by atoms with Crippen molar-refractivity contribution in [3.63, 3.8) is 0 Å². The number of hydrogen-bond donors (Lipinski definition) is 0. The summed E-state index contributed by atoms with van der Waals surface area (Å²) in [6, 6.07) is 4.63. The van der Waals surface area contributed by atoms with Crippen LogP contribution in [0.2, 0.25) is 10.3 Å². The van der Waals surface area contributed by atoms with Crippen LogP contribution in [0.25, 0.3) is 10.8 Å². The molecule has 27 heavy (non-hydrogen) atoms. The van der Waals surface area contributed by atoms with Gasteiger partial charge in [-0.05, 0) is 55.3 Å². The summed E-state index contributed by atoms with van der Waals surface area (Å²) in [7, 11) is 0. The number of carbonyl (C=O) groups is 2. The molecule has 0 radical (unpaired) electrons. The van der Waals surface area contributed by atoms with Gasteiger partial charge in [-0.15, -0.1) is 0 Å². The maximum absolute atomic E-state index is 12.7. The first-order valence-corrected chi connectivity index (χ1v) is 9.24. The minimum absolute atomic E-state index is 0.0122. The fourth-order valence-electron chi connectivity index (χ4n) is 3.42. The van der Waals surface area contributed by atoms with Gasteiger partial charge in [0.2, 0.25) is 0 Å². The van der Waals surface area contributed by atoms with E-state index in [9.17, 15) is 14.4 Å². The standard InChI is InChI=1S/C19H17Cl2NO5/c1-3-26-17(24)19(18(25)27-4-2)8-11-5-10-7-14(20)22-16(21)15(10)13(23)6-12(11)9-19/h5-7H,3-4,8-9H2,1-2H3. The second-order valence-corrected chi connectivity index (χ2v) is 7.03. The van der Waals surface area contributed by atoms with Crippen LogP contribution in [-0.2, 0) is 31.9 Å². The maximum atomic E-state index is 12.7. The molecule has 0 saturated heterocycles. The van der Waals surface area contributed by atoms with E-state index in [0.717, 1.165) is 0 Å². The van der Waals surface area contributed by atoms with E-state index in [-0.39, 0.29) is 47.2 Å². The molecule has 0 N–H and O–H groups in total. The molecule has 2 aromatic rings. The molecule has 8 heteroatoms. The smallest absolute Gasteiger partial charge is 0.324 e. The van der Waals surface area contributed by atoms with Crippen LogP contribution < -0.4 is 5.43 Å². The quantitative estimate of drug-likeness (QED) is 0.438. The highest BCUT2D eigenvalue weighted by Crippen LogP contribution is 2.40. The van der Waals surface area contributed by atoms with Gasteiger partial charge in [0.15, 0.2) is 10.8 Å². The molecule has 1 aromatic carbocycles. The molecule has 1 aliphatic rings. The van der Waals surface area contributed by atoms with Crippen molar-refractivity contribution in [2.45, 2.75) is 26.7 Å². The normalized spacial score (nSPS) is 14.7. The summed E-state index contributed by atoms with van der Waals surface area (Å²) in [5, 5.41) is 0.897. The van der Waals surface area contributed by atoms with E-state index in [1.54, 1.807) is 19.9 Å².